The monoisotopic (exact) mass is 507 g/mol. The number of ketones is 1. The summed E-state index contributed by atoms with van der Waals surface area (Å²) in [6, 6.07) is 6.17. The van der Waals surface area contributed by atoms with Crippen LogP contribution in [0.3, 0.4) is 0 Å². The molecule has 0 radical (unpaired) electrons. The van der Waals surface area contributed by atoms with E-state index in [0.29, 0.717) is 24.7 Å². The third-order valence-corrected chi connectivity index (χ3v) is 7.82. The number of Topliss-reactive ketones (excluding diaryl/α,β-unsaturated/α-hetero) is 1. The Balaban J connectivity index is 1.54. The van der Waals surface area contributed by atoms with Crippen molar-refractivity contribution in [2.75, 3.05) is 0 Å². The van der Waals surface area contributed by atoms with Gasteiger partial charge in [0.15, 0.2) is 0 Å². The van der Waals surface area contributed by atoms with Crippen molar-refractivity contribution in [2.45, 2.75) is 117 Å². The smallest absolute Gasteiger partial charge is 0.307 e. The van der Waals surface area contributed by atoms with Crippen LogP contribution in [0.4, 0.5) is 0 Å². The average Bonchev–Trinajstić information content (AvgIpc) is 3.50. The minimum Gasteiger partial charge on any atom is -0.460 e. The summed E-state index contributed by atoms with van der Waals surface area (Å²) in [6.45, 7) is 14.2. The van der Waals surface area contributed by atoms with Gasteiger partial charge in [-0.05, 0) is 95.6 Å². The fraction of sp³-hybridized carbons (Fsp3) is 0.656. The van der Waals surface area contributed by atoms with Crippen LogP contribution in [0.1, 0.15) is 119 Å². The van der Waals surface area contributed by atoms with Crippen molar-refractivity contribution >= 4 is 11.8 Å². The van der Waals surface area contributed by atoms with Gasteiger partial charge in [-0.2, -0.15) is 0 Å². The largest absolute Gasteiger partial charge is 0.460 e. The lowest BCUT2D eigenvalue weighted by Gasteiger charge is -2.35. The van der Waals surface area contributed by atoms with Crippen LogP contribution in [0.5, 0.6) is 0 Å². The van der Waals surface area contributed by atoms with Crippen LogP contribution >= 0.6 is 0 Å². The Morgan fingerprint density at radius 2 is 1.81 bits per heavy atom. The molecule has 4 rings (SSSR count). The molecule has 5 nitrogen and oxygen atoms in total. The topological polar surface area (TPSA) is 69.4 Å². The number of hydrogen-bond acceptors (Lipinski definition) is 5. The van der Waals surface area contributed by atoms with Crippen molar-refractivity contribution in [3.8, 4) is 0 Å². The minimum atomic E-state index is -0.588. The van der Waals surface area contributed by atoms with E-state index in [-0.39, 0.29) is 18.2 Å². The fourth-order valence-corrected chi connectivity index (χ4v) is 5.90. The summed E-state index contributed by atoms with van der Waals surface area (Å²) in [5.74, 6) is 2.70. The predicted molar refractivity (Wildman–Crippen MR) is 146 cm³/mol. The van der Waals surface area contributed by atoms with E-state index < -0.39 is 11.5 Å². The Hall–Kier alpha value is -2.43. The molecule has 0 unspecified atom stereocenters. The van der Waals surface area contributed by atoms with Crippen molar-refractivity contribution in [1.82, 2.24) is 5.16 Å². The molecule has 1 aromatic heterocycles. The number of carbonyl (C=O) groups is 2. The zero-order chi connectivity index (χ0) is 26.9. The summed E-state index contributed by atoms with van der Waals surface area (Å²) in [5, 5.41) is 4.53. The molecular formula is C32H45NO4. The molecule has 0 amide bonds. The van der Waals surface area contributed by atoms with Crippen molar-refractivity contribution in [1.29, 1.82) is 0 Å². The molecule has 0 aliphatic heterocycles. The lowest BCUT2D eigenvalue weighted by Crippen LogP contribution is -2.29. The maximum absolute atomic E-state index is 13.6. The molecule has 2 fully saturated rings. The normalized spacial score (nSPS) is 20.5. The molecule has 0 bridgehead atoms. The van der Waals surface area contributed by atoms with Gasteiger partial charge in [-0.1, -0.05) is 42.8 Å². The minimum absolute atomic E-state index is 0.0600. The maximum atomic E-state index is 13.6. The zero-order valence-electron chi connectivity index (χ0n) is 23.9. The molecule has 1 atom stereocenters. The van der Waals surface area contributed by atoms with Gasteiger partial charge in [-0.25, -0.2) is 0 Å². The number of rotatable bonds is 11. The predicted octanol–water partition coefficient (Wildman–Crippen LogP) is 7.41. The highest BCUT2D eigenvalue weighted by Crippen LogP contribution is 2.51. The van der Waals surface area contributed by atoms with E-state index in [1.807, 2.05) is 39.8 Å². The van der Waals surface area contributed by atoms with Crippen LogP contribution in [-0.2, 0) is 27.2 Å². The van der Waals surface area contributed by atoms with Gasteiger partial charge in [-0.15, -0.1) is 0 Å². The second-order valence-corrected chi connectivity index (χ2v) is 13.1. The number of benzene rings is 1. The van der Waals surface area contributed by atoms with Crippen LogP contribution in [0, 0.1) is 31.6 Å². The molecule has 2 aliphatic carbocycles. The van der Waals surface area contributed by atoms with Gasteiger partial charge in [0.1, 0.15) is 17.1 Å². The lowest BCUT2D eigenvalue weighted by molar-refractivity contribution is -0.157. The van der Waals surface area contributed by atoms with Gasteiger partial charge in [0.25, 0.3) is 0 Å². The molecular weight excluding hydrogens is 462 g/mol. The maximum Gasteiger partial charge on any atom is 0.307 e. The second-order valence-electron chi connectivity index (χ2n) is 13.1. The van der Waals surface area contributed by atoms with Gasteiger partial charge < -0.3 is 9.26 Å². The molecule has 37 heavy (non-hydrogen) atoms. The Morgan fingerprint density at radius 1 is 1.11 bits per heavy atom. The standard InChI is InChI=1S/C32H45NO4/c1-19(2)12-22-14-26(15-22)31-30(23-10-11-23)27(33-37-31)16-25(18-29(35)36-32(5,6)7)28(34)17-24-9-8-20(3)13-21(24)4/h8-9,13,19,22-23,25-26H,10-12,14-18H2,1-7H3/t22?,25-,26?/m1/s1. The highest BCUT2D eigenvalue weighted by Gasteiger charge is 2.41. The van der Waals surface area contributed by atoms with Crippen LogP contribution in [0.25, 0.3) is 0 Å². The summed E-state index contributed by atoms with van der Waals surface area (Å²) in [6.07, 6.45) is 6.70. The first-order valence-electron chi connectivity index (χ1n) is 14.2. The summed E-state index contributed by atoms with van der Waals surface area (Å²) in [7, 11) is 0. The molecule has 2 aliphatic rings. The first-order chi connectivity index (χ1) is 17.4. The van der Waals surface area contributed by atoms with Crippen LogP contribution < -0.4 is 0 Å². The van der Waals surface area contributed by atoms with E-state index in [1.54, 1.807) is 0 Å². The lowest BCUT2D eigenvalue weighted by atomic mass is 9.69. The summed E-state index contributed by atoms with van der Waals surface area (Å²) in [4.78, 5) is 26.5. The number of carbonyl (C=O) groups excluding carboxylic acids is 2. The molecule has 0 N–H and O–H groups in total. The molecule has 1 aromatic carbocycles. The Kier molecular flexibility index (Phi) is 8.30. The van der Waals surface area contributed by atoms with E-state index in [9.17, 15) is 9.59 Å². The number of aryl methyl sites for hydroxylation is 2. The van der Waals surface area contributed by atoms with E-state index in [0.717, 1.165) is 47.3 Å². The van der Waals surface area contributed by atoms with Gasteiger partial charge in [0, 0.05) is 30.2 Å². The van der Waals surface area contributed by atoms with Crippen LogP contribution in [0.2, 0.25) is 0 Å². The first kappa shape index (κ1) is 27.6. The van der Waals surface area contributed by atoms with Crippen LogP contribution in [0.15, 0.2) is 22.7 Å². The van der Waals surface area contributed by atoms with Gasteiger partial charge in [0.2, 0.25) is 0 Å². The van der Waals surface area contributed by atoms with E-state index >= 15 is 0 Å². The molecule has 5 heteroatoms. The summed E-state index contributed by atoms with van der Waals surface area (Å²) >= 11 is 0. The number of hydrogen-bond donors (Lipinski definition) is 0. The molecule has 0 saturated heterocycles. The van der Waals surface area contributed by atoms with Crippen molar-refractivity contribution in [2.24, 2.45) is 17.8 Å². The molecule has 0 spiro atoms. The second kappa shape index (κ2) is 11.1. The van der Waals surface area contributed by atoms with E-state index in [1.165, 1.54) is 30.4 Å². The number of ether oxygens (including phenoxy) is 1. The summed E-state index contributed by atoms with van der Waals surface area (Å²) < 4.78 is 11.6. The SMILES string of the molecule is Cc1ccc(CC(=O)[C@@H](CC(=O)OC(C)(C)C)Cc2noc(C3CC(CC(C)C)C3)c2C2CC2)c(C)c1. The average molecular weight is 508 g/mol. The summed E-state index contributed by atoms with van der Waals surface area (Å²) in [5.41, 5.74) is 4.82. The Morgan fingerprint density at radius 3 is 2.41 bits per heavy atom. The highest BCUT2D eigenvalue weighted by molar-refractivity contribution is 5.87. The van der Waals surface area contributed by atoms with Gasteiger partial charge >= 0.3 is 5.97 Å². The number of nitrogens with zero attached hydrogens (tertiary/aromatic N) is 1. The van der Waals surface area contributed by atoms with Gasteiger partial charge in [-0.3, -0.25) is 9.59 Å². The molecule has 202 valence electrons. The Labute approximate surface area is 222 Å². The van der Waals surface area contributed by atoms with E-state index in [2.05, 4.69) is 32.0 Å². The van der Waals surface area contributed by atoms with Crippen molar-refractivity contribution in [3.05, 3.63) is 51.9 Å². The zero-order valence-corrected chi connectivity index (χ0v) is 23.9. The van der Waals surface area contributed by atoms with Gasteiger partial charge in [0.05, 0.1) is 12.1 Å². The quantitative estimate of drug-likeness (QED) is 0.296. The fourth-order valence-electron chi connectivity index (χ4n) is 5.90. The third-order valence-electron chi connectivity index (χ3n) is 7.82. The van der Waals surface area contributed by atoms with Crippen molar-refractivity contribution < 1.29 is 18.8 Å². The molecule has 2 aromatic rings. The third kappa shape index (κ3) is 7.33. The first-order valence-corrected chi connectivity index (χ1v) is 14.2. The van der Waals surface area contributed by atoms with Crippen molar-refractivity contribution in [3.63, 3.8) is 0 Å². The highest BCUT2D eigenvalue weighted by atomic mass is 16.6. The number of aromatic nitrogens is 1. The van der Waals surface area contributed by atoms with E-state index in [4.69, 9.17) is 9.26 Å². The number of esters is 1. The molecule has 2 saturated carbocycles. The molecule has 1 heterocycles. The Bertz CT molecular complexity index is 1110. The van der Waals surface area contributed by atoms with Crippen LogP contribution in [-0.4, -0.2) is 22.5 Å².